The highest BCUT2D eigenvalue weighted by Gasteiger charge is 2.53. The molecule has 0 amide bonds. The van der Waals surface area contributed by atoms with Crippen molar-refractivity contribution in [3.05, 3.63) is 23.9 Å². The molecule has 3 heterocycles. The molecule has 0 spiro atoms. The molecule has 2 unspecified atom stereocenters. The van der Waals surface area contributed by atoms with Gasteiger partial charge in [-0.2, -0.15) is 4.98 Å². The largest absolute Gasteiger partial charge is 0.349 e. The zero-order valence-electron chi connectivity index (χ0n) is 9.72. The Morgan fingerprint density at radius 2 is 2.24 bits per heavy atom. The number of aromatic nitrogens is 3. The van der Waals surface area contributed by atoms with E-state index < -0.39 is 0 Å². The fourth-order valence-electron chi connectivity index (χ4n) is 2.83. The number of hydrogen-bond donors (Lipinski definition) is 2. The maximum absolute atomic E-state index is 4.50. The molecular formula is C12H15N5. The smallest absolute Gasteiger partial charge is 0.243 e. The third-order valence-corrected chi connectivity index (χ3v) is 3.88. The fraction of sp³-hybridized carbons (Fsp3) is 0.500. The van der Waals surface area contributed by atoms with Crippen LogP contribution in [0.25, 0.3) is 5.65 Å². The number of rotatable bonds is 2. The summed E-state index contributed by atoms with van der Waals surface area (Å²) in [5.74, 6) is 2.32. The van der Waals surface area contributed by atoms with Crippen LogP contribution in [0.4, 0.5) is 5.95 Å². The number of nitrogens with zero attached hydrogens (tertiary/aromatic N) is 3. The van der Waals surface area contributed by atoms with Crippen molar-refractivity contribution in [1.82, 2.24) is 19.9 Å². The van der Waals surface area contributed by atoms with Crippen molar-refractivity contribution >= 4 is 11.6 Å². The van der Waals surface area contributed by atoms with Crippen LogP contribution in [0.2, 0.25) is 0 Å². The van der Waals surface area contributed by atoms with E-state index in [2.05, 4.69) is 27.6 Å². The second-order valence-corrected chi connectivity index (χ2v) is 5.10. The first-order chi connectivity index (χ1) is 8.31. The predicted octanol–water partition coefficient (Wildman–Crippen LogP) is 0.667. The zero-order valence-corrected chi connectivity index (χ0v) is 9.72. The molecule has 2 aromatic heterocycles. The molecular weight excluding hydrogens is 214 g/mol. The van der Waals surface area contributed by atoms with Crippen LogP contribution < -0.4 is 10.6 Å². The van der Waals surface area contributed by atoms with Crippen LogP contribution in [0.1, 0.15) is 5.56 Å². The minimum atomic E-state index is 0.578. The number of nitrogens with one attached hydrogen (secondary N) is 2. The van der Waals surface area contributed by atoms with Crippen molar-refractivity contribution in [2.24, 2.45) is 11.8 Å². The van der Waals surface area contributed by atoms with Gasteiger partial charge in [0.25, 0.3) is 0 Å². The Labute approximate surface area is 99.2 Å². The molecule has 1 aliphatic heterocycles. The Hall–Kier alpha value is -1.62. The average molecular weight is 229 g/mol. The number of piperidine rings is 1. The lowest BCUT2D eigenvalue weighted by atomic mass is 10.3. The molecule has 2 aliphatic rings. The van der Waals surface area contributed by atoms with Crippen LogP contribution >= 0.6 is 0 Å². The summed E-state index contributed by atoms with van der Waals surface area (Å²) in [5, 5.41) is 11.3. The quantitative estimate of drug-likeness (QED) is 0.794. The molecule has 2 atom stereocenters. The van der Waals surface area contributed by atoms with E-state index in [1.54, 1.807) is 0 Å². The maximum Gasteiger partial charge on any atom is 0.243 e. The van der Waals surface area contributed by atoms with Gasteiger partial charge in [-0.1, -0.05) is 0 Å². The molecule has 88 valence electrons. The fourth-order valence-corrected chi connectivity index (χ4v) is 2.83. The van der Waals surface area contributed by atoms with Crippen molar-refractivity contribution in [2.45, 2.75) is 13.0 Å². The molecule has 0 radical (unpaired) electrons. The normalized spacial score (nSPS) is 30.5. The zero-order chi connectivity index (χ0) is 11.4. The molecule has 1 aliphatic carbocycles. The van der Waals surface area contributed by atoms with Crippen molar-refractivity contribution in [2.75, 3.05) is 18.4 Å². The first-order valence-corrected chi connectivity index (χ1v) is 6.11. The van der Waals surface area contributed by atoms with Crippen molar-refractivity contribution in [1.29, 1.82) is 0 Å². The molecule has 2 N–H and O–H groups in total. The van der Waals surface area contributed by atoms with Crippen LogP contribution in [0, 0.1) is 18.8 Å². The van der Waals surface area contributed by atoms with Crippen molar-refractivity contribution in [3.63, 3.8) is 0 Å². The highest BCUT2D eigenvalue weighted by molar-refractivity contribution is 5.46. The summed E-state index contributed by atoms with van der Waals surface area (Å²) in [7, 11) is 0. The van der Waals surface area contributed by atoms with Gasteiger partial charge in [0.2, 0.25) is 5.95 Å². The molecule has 4 rings (SSSR count). The monoisotopic (exact) mass is 229 g/mol. The number of hydrogen-bond acceptors (Lipinski definition) is 4. The second kappa shape index (κ2) is 3.20. The van der Waals surface area contributed by atoms with E-state index in [1.165, 1.54) is 5.56 Å². The van der Waals surface area contributed by atoms with Gasteiger partial charge in [-0.05, 0) is 36.5 Å². The van der Waals surface area contributed by atoms with Crippen LogP contribution in [-0.2, 0) is 0 Å². The van der Waals surface area contributed by atoms with Crippen LogP contribution in [0.5, 0.6) is 0 Å². The summed E-state index contributed by atoms with van der Waals surface area (Å²) in [6.45, 7) is 4.34. The van der Waals surface area contributed by atoms with Gasteiger partial charge >= 0.3 is 0 Å². The molecule has 2 aromatic rings. The summed E-state index contributed by atoms with van der Waals surface area (Å²) in [6, 6.07) is 4.67. The van der Waals surface area contributed by atoms with E-state index in [9.17, 15) is 0 Å². The van der Waals surface area contributed by atoms with Crippen LogP contribution in [0.3, 0.4) is 0 Å². The lowest BCUT2D eigenvalue weighted by molar-refractivity contribution is 0.693. The highest BCUT2D eigenvalue weighted by atomic mass is 15.4. The van der Waals surface area contributed by atoms with Gasteiger partial charge in [0.05, 0.1) is 0 Å². The molecule has 0 bridgehead atoms. The third-order valence-electron chi connectivity index (χ3n) is 3.88. The van der Waals surface area contributed by atoms with E-state index in [0.29, 0.717) is 6.04 Å². The van der Waals surface area contributed by atoms with Gasteiger partial charge in [-0.3, -0.25) is 0 Å². The molecule has 5 heteroatoms. The number of pyridine rings is 1. The predicted molar refractivity (Wildman–Crippen MR) is 65.0 cm³/mol. The van der Waals surface area contributed by atoms with Gasteiger partial charge in [-0.25, -0.2) is 4.52 Å². The summed E-state index contributed by atoms with van der Waals surface area (Å²) in [5.41, 5.74) is 2.13. The SMILES string of the molecule is Cc1ccn2nc(NC3C4CNCC43)nc2c1. The van der Waals surface area contributed by atoms with Crippen LogP contribution in [0.15, 0.2) is 18.3 Å². The molecule has 0 aromatic carbocycles. The minimum absolute atomic E-state index is 0.578. The number of aryl methyl sites for hydroxylation is 1. The maximum atomic E-state index is 4.50. The van der Waals surface area contributed by atoms with E-state index in [1.807, 2.05) is 22.8 Å². The average Bonchev–Trinajstić information content (AvgIpc) is 2.71. The van der Waals surface area contributed by atoms with Gasteiger partial charge in [0, 0.05) is 25.3 Å². The summed E-state index contributed by atoms with van der Waals surface area (Å²) in [6.07, 6.45) is 1.96. The summed E-state index contributed by atoms with van der Waals surface area (Å²) in [4.78, 5) is 4.50. The molecule has 5 nitrogen and oxygen atoms in total. The molecule has 2 fully saturated rings. The van der Waals surface area contributed by atoms with Crippen molar-refractivity contribution in [3.8, 4) is 0 Å². The van der Waals surface area contributed by atoms with E-state index in [0.717, 1.165) is 36.5 Å². The van der Waals surface area contributed by atoms with Gasteiger partial charge < -0.3 is 10.6 Å². The second-order valence-electron chi connectivity index (χ2n) is 5.10. The summed E-state index contributed by atoms with van der Waals surface area (Å²) >= 11 is 0. The Balaban J connectivity index is 1.59. The Morgan fingerprint density at radius 3 is 3.06 bits per heavy atom. The molecule has 17 heavy (non-hydrogen) atoms. The lowest BCUT2D eigenvalue weighted by Crippen LogP contribution is -2.21. The Kier molecular flexibility index (Phi) is 1.77. The molecule has 1 saturated carbocycles. The van der Waals surface area contributed by atoms with Gasteiger partial charge in [0.15, 0.2) is 5.65 Å². The lowest BCUT2D eigenvalue weighted by Gasteiger charge is -2.03. The Bertz CT molecular complexity index is 565. The molecule has 1 saturated heterocycles. The van der Waals surface area contributed by atoms with Gasteiger partial charge in [0.1, 0.15) is 0 Å². The third kappa shape index (κ3) is 1.42. The highest BCUT2D eigenvalue weighted by Crippen LogP contribution is 2.43. The summed E-state index contributed by atoms with van der Waals surface area (Å²) < 4.78 is 1.83. The standard InChI is InChI=1S/C12H15N5/c1-7-2-3-17-10(4-7)14-12(16-17)15-11-8-5-13-6-9(8)11/h2-4,8-9,11,13H,5-6H2,1H3,(H,15,16). The van der Waals surface area contributed by atoms with E-state index in [-0.39, 0.29) is 0 Å². The van der Waals surface area contributed by atoms with E-state index in [4.69, 9.17) is 0 Å². The number of fused-ring (bicyclic) bond motifs is 2. The topological polar surface area (TPSA) is 54.2 Å². The van der Waals surface area contributed by atoms with Crippen LogP contribution in [-0.4, -0.2) is 33.7 Å². The van der Waals surface area contributed by atoms with E-state index >= 15 is 0 Å². The first-order valence-electron chi connectivity index (χ1n) is 6.11. The Morgan fingerprint density at radius 1 is 1.41 bits per heavy atom. The minimum Gasteiger partial charge on any atom is -0.349 e. The first kappa shape index (κ1) is 9.41. The van der Waals surface area contributed by atoms with Crippen molar-refractivity contribution < 1.29 is 0 Å². The van der Waals surface area contributed by atoms with Gasteiger partial charge in [-0.15, -0.1) is 5.10 Å². The number of anilines is 1.